The lowest BCUT2D eigenvalue weighted by atomic mass is 9.92. The molecule has 0 aromatic heterocycles. The predicted molar refractivity (Wildman–Crippen MR) is 103 cm³/mol. The summed E-state index contributed by atoms with van der Waals surface area (Å²) >= 11 is 0. The maximum absolute atomic E-state index is 13.4. The highest BCUT2D eigenvalue weighted by Crippen LogP contribution is 2.53. The maximum Gasteiger partial charge on any atom is 0.416 e. The van der Waals surface area contributed by atoms with E-state index in [1.54, 1.807) is 0 Å². The molecule has 3 aliphatic heterocycles. The number of hydrogen-bond donors (Lipinski definition) is 1. The van der Waals surface area contributed by atoms with Gasteiger partial charge in [0.2, 0.25) is 0 Å². The number of nitrogens with one attached hydrogen (secondary N) is 1. The van der Waals surface area contributed by atoms with Crippen LogP contribution in [-0.2, 0) is 10.9 Å². The van der Waals surface area contributed by atoms with E-state index in [4.69, 9.17) is 9.47 Å². The van der Waals surface area contributed by atoms with Gasteiger partial charge in [0.05, 0.1) is 44.5 Å². The number of fused-ring (bicyclic) bond motifs is 1. The first-order chi connectivity index (χ1) is 14.3. The molecule has 30 heavy (non-hydrogen) atoms. The van der Waals surface area contributed by atoms with Crippen molar-refractivity contribution in [3.05, 3.63) is 28.8 Å². The van der Waals surface area contributed by atoms with E-state index in [9.17, 15) is 18.0 Å². The second-order valence-corrected chi connectivity index (χ2v) is 9.33. The van der Waals surface area contributed by atoms with E-state index in [0.717, 1.165) is 55.5 Å². The Hall–Kier alpha value is -1.80. The first-order valence-electron chi connectivity index (χ1n) is 10.8. The second kappa shape index (κ2) is 6.85. The molecule has 1 amide bonds. The molecule has 1 N–H and O–H groups in total. The van der Waals surface area contributed by atoms with Gasteiger partial charge in [-0.2, -0.15) is 13.2 Å². The number of amides is 1. The Balaban J connectivity index is 1.46. The quantitative estimate of drug-likeness (QED) is 0.594. The molecule has 5 nitrogen and oxygen atoms in total. The standard InChI is InChI=1S/C22H27F3N2O3/c1-29-17-11-15(22(23,24)25)10-16(14-4-5-14)19(17)20(28)26-18-12-30-9-6-21(18)13-27(21)7-2-3-8-27/h10-11,14,18H,2-9,12-13H2,1H3/p+1/t18-,21-/m1/s1. The number of nitrogens with zero attached hydrogens (tertiary/aromatic N) is 1. The smallest absolute Gasteiger partial charge is 0.416 e. The van der Waals surface area contributed by atoms with Crippen LogP contribution in [0.1, 0.15) is 59.5 Å². The van der Waals surface area contributed by atoms with Crippen LogP contribution in [0, 0.1) is 0 Å². The van der Waals surface area contributed by atoms with Gasteiger partial charge in [-0.3, -0.25) is 4.79 Å². The molecule has 2 atom stereocenters. The third-order valence-electron chi connectivity index (χ3n) is 7.68. The van der Waals surface area contributed by atoms with Crippen LogP contribution in [0.4, 0.5) is 13.2 Å². The zero-order chi connectivity index (χ0) is 21.1. The summed E-state index contributed by atoms with van der Waals surface area (Å²) in [7, 11) is 1.32. The van der Waals surface area contributed by atoms with Crippen LogP contribution in [0.15, 0.2) is 12.1 Å². The van der Waals surface area contributed by atoms with E-state index in [1.165, 1.54) is 20.0 Å². The van der Waals surface area contributed by atoms with Crippen molar-refractivity contribution >= 4 is 5.91 Å². The number of quaternary nitrogens is 1. The molecule has 5 rings (SSSR count). The fourth-order valence-corrected chi connectivity index (χ4v) is 5.90. The average molecular weight is 425 g/mol. The summed E-state index contributed by atoms with van der Waals surface area (Å²) < 4.78 is 52.2. The molecule has 1 aliphatic carbocycles. The minimum absolute atomic E-state index is 0.00382. The van der Waals surface area contributed by atoms with Crippen LogP contribution in [0.5, 0.6) is 5.75 Å². The van der Waals surface area contributed by atoms with Crippen molar-refractivity contribution in [1.82, 2.24) is 5.32 Å². The number of carbonyl (C=O) groups excluding carboxylic acids is 1. The van der Waals surface area contributed by atoms with Gasteiger partial charge < -0.3 is 19.3 Å². The molecule has 3 saturated heterocycles. The minimum atomic E-state index is -4.48. The Labute approximate surface area is 174 Å². The number of halogens is 3. The van der Waals surface area contributed by atoms with Gasteiger partial charge in [-0.15, -0.1) is 0 Å². The van der Waals surface area contributed by atoms with E-state index in [1.807, 2.05) is 0 Å². The monoisotopic (exact) mass is 425 g/mol. The van der Waals surface area contributed by atoms with Crippen LogP contribution in [0.2, 0.25) is 0 Å². The molecular formula is C22H28F3N2O3+. The zero-order valence-electron chi connectivity index (χ0n) is 17.2. The largest absolute Gasteiger partial charge is 0.496 e. The summed E-state index contributed by atoms with van der Waals surface area (Å²) in [6, 6.07) is 1.95. The Bertz CT molecular complexity index is 862. The van der Waals surface area contributed by atoms with Crippen molar-refractivity contribution in [2.24, 2.45) is 0 Å². The second-order valence-electron chi connectivity index (χ2n) is 9.33. The summed E-state index contributed by atoms with van der Waals surface area (Å²) in [5.74, 6) is -0.367. The number of carbonyl (C=O) groups is 1. The molecule has 164 valence electrons. The van der Waals surface area contributed by atoms with E-state index in [-0.39, 0.29) is 34.7 Å². The van der Waals surface area contributed by atoms with Crippen molar-refractivity contribution < 1.29 is 31.9 Å². The third-order valence-corrected chi connectivity index (χ3v) is 7.68. The van der Waals surface area contributed by atoms with Crippen LogP contribution in [0.25, 0.3) is 0 Å². The highest BCUT2D eigenvalue weighted by molar-refractivity contribution is 5.99. The van der Waals surface area contributed by atoms with Gasteiger partial charge in [0.1, 0.15) is 18.3 Å². The normalized spacial score (nSPS) is 29.9. The molecule has 0 unspecified atom stereocenters. The van der Waals surface area contributed by atoms with E-state index in [2.05, 4.69) is 5.32 Å². The number of hydrogen-bond acceptors (Lipinski definition) is 3. The molecule has 4 aliphatic rings. The summed E-state index contributed by atoms with van der Waals surface area (Å²) in [4.78, 5) is 13.4. The molecule has 4 fully saturated rings. The van der Waals surface area contributed by atoms with Gasteiger partial charge in [0, 0.05) is 19.3 Å². The number of methoxy groups -OCH3 is 1. The Morgan fingerprint density at radius 3 is 2.63 bits per heavy atom. The molecule has 1 aromatic rings. The summed E-state index contributed by atoms with van der Waals surface area (Å²) in [6.45, 7) is 4.49. The zero-order valence-corrected chi connectivity index (χ0v) is 17.2. The van der Waals surface area contributed by atoms with Gasteiger partial charge in [-0.25, -0.2) is 0 Å². The highest BCUT2D eigenvalue weighted by atomic mass is 19.4. The van der Waals surface area contributed by atoms with Crippen molar-refractivity contribution in [3.63, 3.8) is 0 Å². The summed E-state index contributed by atoms with van der Waals surface area (Å²) in [6.07, 6.45) is 0.442. The van der Waals surface area contributed by atoms with Gasteiger partial charge in [-0.05, 0) is 36.5 Å². The number of alkyl halides is 3. The first-order valence-corrected chi connectivity index (χ1v) is 10.8. The fraction of sp³-hybridized carbons (Fsp3) is 0.682. The van der Waals surface area contributed by atoms with Crippen molar-refractivity contribution in [2.75, 3.05) is 40.0 Å². The molecule has 2 spiro atoms. The molecule has 3 heterocycles. The number of ether oxygens (including phenoxy) is 2. The topological polar surface area (TPSA) is 47.6 Å². The SMILES string of the molecule is COc1cc(C(F)(F)F)cc(C2CC2)c1C(=O)N[C@@H]1COCC[C@@]12C[N+]21CCCC1. The van der Waals surface area contributed by atoms with Crippen LogP contribution in [-0.4, -0.2) is 61.9 Å². The molecule has 1 aromatic carbocycles. The minimum Gasteiger partial charge on any atom is -0.496 e. The molecule has 0 radical (unpaired) electrons. The molecular weight excluding hydrogens is 397 g/mol. The van der Waals surface area contributed by atoms with E-state index in [0.29, 0.717) is 18.8 Å². The van der Waals surface area contributed by atoms with Crippen LogP contribution >= 0.6 is 0 Å². The van der Waals surface area contributed by atoms with Gasteiger partial charge in [0.25, 0.3) is 5.91 Å². The molecule has 0 bridgehead atoms. The summed E-state index contributed by atoms with van der Waals surface area (Å²) in [5.41, 5.74) is -0.0456. The van der Waals surface area contributed by atoms with Crippen LogP contribution < -0.4 is 10.1 Å². The lowest BCUT2D eigenvalue weighted by Crippen LogP contribution is -2.56. The van der Waals surface area contributed by atoms with Gasteiger partial charge in [0.15, 0.2) is 5.54 Å². The van der Waals surface area contributed by atoms with Gasteiger partial charge in [-0.1, -0.05) is 0 Å². The maximum atomic E-state index is 13.4. The Morgan fingerprint density at radius 2 is 2.00 bits per heavy atom. The Kier molecular flexibility index (Phi) is 4.60. The average Bonchev–Trinajstić information content (AvgIpc) is 3.59. The number of benzene rings is 1. The fourth-order valence-electron chi connectivity index (χ4n) is 5.90. The van der Waals surface area contributed by atoms with E-state index >= 15 is 0 Å². The first kappa shape index (κ1) is 20.1. The third kappa shape index (κ3) is 3.11. The summed E-state index contributed by atoms with van der Waals surface area (Å²) in [5, 5.41) is 3.15. The van der Waals surface area contributed by atoms with Gasteiger partial charge >= 0.3 is 6.18 Å². The number of rotatable bonds is 4. The predicted octanol–water partition coefficient (Wildman–Crippen LogP) is 3.47. The van der Waals surface area contributed by atoms with Crippen LogP contribution in [0.3, 0.4) is 0 Å². The van der Waals surface area contributed by atoms with Crippen molar-refractivity contribution in [2.45, 2.75) is 55.8 Å². The lowest BCUT2D eigenvalue weighted by molar-refractivity contribution is -0.819. The lowest BCUT2D eigenvalue weighted by Gasteiger charge is -2.34. The molecule has 1 saturated carbocycles. The highest BCUT2D eigenvalue weighted by Gasteiger charge is 2.74. The van der Waals surface area contributed by atoms with Crippen molar-refractivity contribution in [1.29, 1.82) is 0 Å². The van der Waals surface area contributed by atoms with E-state index < -0.39 is 11.7 Å². The Morgan fingerprint density at radius 1 is 1.27 bits per heavy atom. The van der Waals surface area contributed by atoms with Crippen molar-refractivity contribution in [3.8, 4) is 5.75 Å². The molecule has 8 heteroatoms.